The molecule has 0 unspecified atom stereocenters. The fraction of sp³-hybridized carbons (Fsp3) is 0.348. The zero-order valence-corrected chi connectivity index (χ0v) is 17.9. The highest BCUT2D eigenvalue weighted by Crippen LogP contribution is 2.21. The molecule has 3 amide bonds. The lowest BCUT2D eigenvalue weighted by Gasteiger charge is -2.32. The molecule has 3 rings (SSSR count). The van der Waals surface area contributed by atoms with Gasteiger partial charge in [-0.3, -0.25) is 14.4 Å². The summed E-state index contributed by atoms with van der Waals surface area (Å²) in [5.74, 6) is -0.602. The third-order valence-electron chi connectivity index (χ3n) is 5.02. The van der Waals surface area contributed by atoms with Gasteiger partial charge in [0.25, 0.3) is 11.8 Å². The van der Waals surface area contributed by atoms with Crippen molar-refractivity contribution in [1.82, 2.24) is 10.2 Å². The van der Waals surface area contributed by atoms with E-state index < -0.39 is 0 Å². The summed E-state index contributed by atoms with van der Waals surface area (Å²) in [5, 5.41) is 6.09. The first-order valence-electron chi connectivity index (χ1n) is 10.1. The van der Waals surface area contributed by atoms with Gasteiger partial charge >= 0.3 is 0 Å². The summed E-state index contributed by atoms with van der Waals surface area (Å²) in [5.41, 5.74) is 1.48. The van der Waals surface area contributed by atoms with Crippen LogP contribution in [0.2, 0.25) is 5.02 Å². The van der Waals surface area contributed by atoms with Crippen molar-refractivity contribution in [2.75, 3.05) is 18.4 Å². The van der Waals surface area contributed by atoms with Crippen LogP contribution in [-0.4, -0.2) is 41.8 Å². The van der Waals surface area contributed by atoms with E-state index in [0.29, 0.717) is 34.9 Å². The van der Waals surface area contributed by atoms with Gasteiger partial charge in [-0.15, -0.1) is 0 Å². The zero-order valence-electron chi connectivity index (χ0n) is 17.2. The molecule has 7 heteroatoms. The van der Waals surface area contributed by atoms with Crippen molar-refractivity contribution in [3.05, 3.63) is 64.7 Å². The van der Waals surface area contributed by atoms with Gasteiger partial charge in [0.2, 0.25) is 5.91 Å². The molecule has 1 fully saturated rings. The van der Waals surface area contributed by atoms with Crippen LogP contribution in [0, 0.1) is 5.92 Å². The maximum absolute atomic E-state index is 12.9. The maximum Gasteiger partial charge on any atom is 0.257 e. The number of piperidine rings is 1. The van der Waals surface area contributed by atoms with Gasteiger partial charge < -0.3 is 15.5 Å². The Labute approximate surface area is 181 Å². The van der Waals surface area contributed by atoms with Gasteiger partial charge in [0, 0.05) is 30.4 Å². The van der Waals surface area contributed by atoms with E-state index in [1.165, 1.54) is 0 Å². The molecule has 0 bridgehead atoms. The van der Waals surface area contributed by atoms with Gasteiger partial charge in [-0.05, 0) is 63.1 Å². The number of benzene rings is 2. The molecule has 0 spiro atoms. The first-order valence-corrected chi connectivity index (χ1v) is 10.5. The van der Waals surface area contributed by atoms with Crippen LogP contribution in [-0.2, 0) is 4.79 Å². The molecule has 158 valence electrons. The summed E-state index contributed by atoms with van der Waals surface area (Å²) in [6.07, 6.45) is 1.59. The Bertz CT molecular complexity index is 928. The number of nitrogens with zero attached hydrogens (tertiary/aromatic N) is 1. The van der Waals surface area contributed by atoms with Gasteiger partial charge in [-0.1, -0.05) is 23.7 Å². The highest BCUT2D eigenvalue weighted by Gasteiger charge is 2.29. The van der Waals surface area contributed by atoms with Gasteiger partial charge in [0.1, 0.15) is 0 Å². The number of anilines is 1. The Hall–Kier alpha value is -2.86. The quantitative estimate of drug-likeness (QED) is 0.757. The second-order valence-corrected chi connectivity index (χ2v) is 8.17. The second-order valence-electron chi connectivity index (χ2n) is 7.76. The molecule has 1 heterocycles. The summed E-state index contributed by atoms with van der Waals surface area (Å²) in [7, 11) is 0. The molecule has 1 saturated heterocycles. The molecule has 2 aromatic carbocycles. The lowest BCUT2D eigenvalue weighted by atomic mass is 9.96. The maximum atomic E-state index is 12.9. The number of likely N-dealkylation sites (tertiary alicyclic amines) is 1. The minimum Gasteiger partial charge on any atom is -0.354 e. The summed E-state index contributed by atoms with van der Waals surface area (Å²) >= 11 is 6.06. The van der Waals surface area contributed by atoms with Crippen molar-refractivity contribution >= 4 is 35.0 Å². The Morgan fingerprint density at radius 1 is 1.07 bits per heavy atom. The lowest BCUT2D eigenvalue weighted by molar-refractivity contribution is -0.126. The summed E-state index contributed by atoms with van der Waals surface area (Å²) in [6, 6.07) is 13.6. The number of hydrogen-bond acceptors (Lipinski definition) is 3. The topological polar surface area (TPSA) is 78.5 Å². The molecule has 0 aliphatic carbocycles. The van der Waals surface area contributed by atoms with E-state index in [2.05, 4.69) is 10.6 Å². The lowest BCUT2D eigenvalue weighted by Crippen LogP contribution is -2.46. The Morgan fingerprint density at radius 2 is 1.77 bits per heavy atom. The van der Waals surface area contributed by atoms with Gasteiger partial charge in [0.05, 0.1) is 16.5 Å². The minimum absolute atomic E-state index is 0.000123. The Kier molecular flexibility index (Phi) is 7.11. The van der Waals surface area contributed by atoms with E-state index in [9.17, 15) is 14.4 Å². The SMILES string of the molecule is CC(C)NC(=O)[C@H]1CCCN(C(=O)c2ccc(NC(=O)c3ccccc3Cl)cc2)C1. The molecular weight excluding hydrogens is 402 g/mol. The second kappa shape index (κ2) is 9.76. The van der Waals surface area contributed by atoms with Crippen molar-refractivity contribution in [2.24, 2.45) is 5.92 Å². The fourth-order valence-corrected chi connectivity index (χ4v) is 3.72. The largest absolute Gasteiger partial charge is 0.354 e. The molecule has 1 atom stereocenters. The summed E-state index contributed by atoms with van der Waals surface area (Å²) in [6.45, 7) is 4.91. The molecular formula is C23H26ClN3O3. The standard InChI is InChI=1S/C23H26ClN3O3/c1-15(2)25-21(28)17-6-5-13-27(14-17)23(30)16-9-11-18(12-10-16)26-22(29)19-7-3-4-8-20(19)24/h3-4,7-12,15,17H,5-6,13-14H2,1-2H3,(H,25,28)(H,26,29)/t17-/m0/s1. The van der Waals surface area contributed by atoms with Crippen molar-refractivity contribution in [1.29, 1.82) is 0 Å². The van der Waals surface area contributed by atoms with Crippen LogP contribution in [0.15, 0.2) is 48.5 Å². The average Bonchev–Trinajstić information content (AvgIpc) is 2.73. The van der Waals surface area contributed by atoms with Crippen molar-refractivity contribution in [2.45, 2.75) is 32.7 Å². The van der Waals surface area contributed by atoms with E-state index in [4.69, 9.17) is 11.6 Å². The highest BCUT2D eigenvalue weighted by atomic mass is 35.5. The van der Waals surface area contributed by atoms with E-state index in [0.717, 1.165) is 12.8 Å². The molecule has 6 nitrogen and oxygen atoms in total. The van der Waals surface area contributed by atoms with Crippen molar-refractivity contribution in [3.63, 3.8) is 0 Å². The van der Waals surface area contributed by atoms with Crippen molar-refractivity contribution < 1.29 is 14.4 Å². The first kappa shape index (κ1) is 21.8. The highest BCUT2D eigenvalue weighted by molar-refractivity contribution is 6.34. The van der Waals surface area contributed by atoms with Crippen LogP contribution >= 0.6 is 11.6 Å². The predicted molar refractivity (Wildman–Crippen MR) is 118 cm³/mol. The van der Waals surface area contributed by atoms with Crippen LogP contribution in [0.5, 0.6) is 0 Å². The smallest absolute Gasteiger partial charge is 0.257 e. The van der Waals surface area contributed by atoms with E-state index in [-0.39, 0.29) is 29.7 Å². The molecule has 0 radical (unpaired) electrons. The van der Waals surface area contributed by atoms with Crippen LogP contribution < -0.4 is 10.6 Å². The number of halogens is 1. The molecule has 2 N–H and O–H groups in total. The number of nitrogens with one attached hydrogen (secondary N) is 2. The molecule has 0 aromatic heterocycles. The van der Waals surface area contributed by atoms with Crippen molar-refractivity contribution in [3.8, 4) is 0 Å². The first-order chi connectivity index (χ1) is 14.3. The zero-order chi connectivity index (χ0) is 21.7. The fourth-order valence-electron chi connectivity index (χ4n) is 3.50. The van der Waals surface area contributed by atoms with E-state index in [1.807, 2.05) is 13.8 Å². The van der Waals surface area contributed by atoms with Crippen LogP contribution in [0.25, 0.3) is 0 Å². The number of carbonyl (C=O) groups excluding carboxylic acids is 3. The van der Waals surface area contributed by atoms with E-state index in [1.54, 1.807) is 53.4 Å². The van der Waals surface area contributed by atoms with Gasteiger partial charge in [0.15, 0.2) is 0 Å². The normalized spacial score (nSPS) is 16.3. The molecule has 2 aromatic rings. The molecule has 1 aliphatic rings. The third kappa shape index (κ3) is 5.39. The number of amides is 3. The minimum atomic E-state index is -0.310. The Morgan fingerprint density at radius 3 is 2.43 bits per heavy atom. The number of rotatable bonds is 5. The van der Waals surface area contributed by atoms with Gasteiger partial charge in [-0.2, -0.15) is 0 Å². The monoisotopic (exact) mass is 427 g/mol. The van der Waals surface area contributed by atoms with Gasteiger partial charge in [-0.25, -0.2) is 0 Å². The predicted octanol–water partition coefficient (Wildman–Crippen LogP) is 3.97. The Balaban J connectivity index is 1.63. The number of carbonyl (C=O) groups is 3. The molecule has 0 saturated carbocycles. The third-order valence-corrected chi connectivity index (χ3v) is 5.35. The summed E-state index contributed by atoms with van der Waals surface area (Å²) in [4.78, 5) is 39.3. The van der Waals surface area contributed by atoms with Crippen LogP contribution in [0.1, 0.15) is 47.4 Å². The van der Waals surface area contributed by atoms with E-state index >= 15 is 0 Å². The molecule has 1 aliphatic heterocycles. The van der Waals surface area contributed by atoms with Crippen LogP contribution in [0.4, 0.5) is 5.69 Å². The molecule has 30 heavy (non-hydrogen) atoms. The summed E-state index contributed by atoms with van der Waals surface area (Å²) < 4.78 is 0. The number of hydrogen-bond donors (Lipinski definition) is 2. The average molecular weight is 428 g/mol. The van der Waals surface area contributed by atoms with Crippen LogP contribution in [0.3, 0.4) is 0 Å².